The molecule has 0 amide bonds. The lowest BCUT2D eigenvalue weighted by Crippen LogP contribution is -2.07. The van der Waals surface area contributed by atoms with Gasteiger partial charge in [-0.3, -0.25) is 4.99 Å². The molecule has 0 saturated heterocycles. The maximum atomic E-state index is 4.62. The number of nitrogens with zero attached hydrogens (tertiary/aromatic N) is 8. The molecule has 0 aromatic carbocycles. The Kier molecular flexibility index (Phi) is 4.51. The van der Waals surface area contributed by atoms with Crippen molar-refractivity contribution < 1.29 is 0 Å². The number of hydrogen-bond donors (Lipinski definition) is 0. The van der Waals surface area contributed by atoms with Crippen molar-refractivity contribution in [3.8, 4) is 0 Å². The van der Waals surface area contributed by atoms with E-state index in [4.69, 9.17) is 0 Å². The third-order valence-electron chi connectivity index (χ3n) is 3.86. The predicted octanol–water partition coefficient (Wildman–Crippen LogP) is 3.15. The molecule has 0 spiro atoms. The van der Waals surface area contributed by atoms with Crippen LogP contribution in [0.25, 0.3) is 11.2 Å². The first-order chi connectivity index (χ1) is 12.0. The van der Waals surface area contributed by atoms with Gasteiger partial charge in [0.25, 0.3) is 0 Å². The summed E-state index contributed by atoms with van der Waals surface area (Å²) in [4.78, 5) is 34.1. The Morgan fingerprint density at radius 2 is 1.72 bits per heavy atom. The first-order valence-corrected chi connectivity index (χ1v) is 7.83. The zero-order chi connectivity index (χ0) is 18.0. The molecule has 25 heavy (non-hydrogen) atoms. The maximum Gasteiger partial charge on any atom is 0.181 e. The Labute approximate surface area is 145 Å². The van der Waals surface area contributed by atoms with Crippen LogP contribution < -0.4 is 0 Å². The summed E-state index contributed by atoms with van der Waals surface area (Å²) in [5, 5.41) is 0. The number of aromatic nitrogens is 6. The standard InChI is InChI=1S/C17H18N8/c1-9(2)13-14-17(23-8-22-13)24-11(6-20-14)10(3)15-21-7-12(18-4)16(19-5)25-15/h6-10H,4-5H2,1-3H3. The van der Waals surface area contributed by atoms with Gasteiger partial charge in [0.15, 0.2) is 11.5 Å². The van der Waals surface area contributed by atoms with Gasteiger partial charge in [-0.1, -0.05) is 13.8 Å². The molecule has 0 aliphatic carbocycles. The number of hydrogen-bond acceptors (Lipinski definition) is 8. The van der Waals surface area contributed by atoms with Gasteiger partial charge in [-0.2, -0.15) is 0 Å². The highest BCUT2D eigenvalue weighted by molar-refractivity contribution is 5.72. The molecule has 1 unspecified atom stereocenters. The van der Waals surface area contributed by atoms with E-state index in [-0.39, 0.29) is 11.8 Å². The minimum absolute atomic E-state index is 0.186. The van der Waals surface area contributed by atoms with Crippen LogP contribution in [0.4, 0.5) is 11.5 Å². The highest BCUT2D eigenvalue weighted by atomic mass is 15.0. The molecule has 8 nitrogen and oxygen atoms in total. The molecule has 0 fully saturated rings. The van der Waals surface area contributed by atoms with Crippen molar-refractivity contribution >= 4 is 36.1 Å². The summed E-state index contributed by atoms with van der Waals surface area (Å²) >= 11 is 0. The minimum atomic E-state index is -0.186. The number of aliphatic imine (C=N–C) groups is 2. The first kappa shape index (κ1) is 16.7. The third-order valence-corrected chi connectivity index (χ3v) is 3.86. The fourth-order valence-electron chi connectivity index (χ4n) is 2.45. The Bertz CT molecular complexity index is 951. The van der Waals surface area contributed by atoms with Gasteiger partial charge in [-0.15, -0.1) is 0 Å². The summed E-state index contributed by atoms with van der Waals surface area (Å²) in [5.74, 6) is 1.01. The molecule has 0 aliphatic heterocycles. The zero-order valence-corrected chi connectivity index (χ0v) is 14.4. The Morgan fingerprint density at radius 1 is 0.920 bits per heavy atom. The van der Waals surface area contributed by atoms with Crippen LogP contribution in [0, 0.1) is 0 Å². The van der Waals surface area contributed by atoms with Crippen molar-refractivity contribution in [2.75, 3.05) is 0 Å². The van der Waals surface area contributed by atoms with Crippen LogP contribution in [-0.2, 0) is 0 Å². The van der Waals surface area contributed by atoms with Crippen LogP contribution >= 0.6 is 0 Å². The highest BCUT2D eigenvalue weighted by Gasteiger charge is 2.18. The highest BCUT2D eigenvalue weighted by Crippen LogP contribution is 2.28. The minimum Gasteiger partial charge on any atom is -0.259 e. The maximum absolute atomic E-state index is 4.62. The van der Waals surface area contributed by atoms with Crippen molar-refractivity contribution in [3.63, 3.8) is 0 Å². The summed E-state index contributed by atoms with van der Waals surface area (Å²) in [7, 11) is 0. The van der Waals surface area contributed by atoms with Crippen LogP contribution in [0.5, 0.6) is 0 Å². The molecule has 1 atom stereocenters. The van der Waals surface area contributed by atoms with Gasteiger partial charge in [0.2, 0.25) is 0 Å². The third kappa shape index (κ3) is 3.10. The van der Waals surface area contributed by atoms with E-state index in [1.165, 1.54) is 6.33 Å². The van der Waals surface area contributed by atoms with E-state index in [0.29, 0.717) is 28.5 Å². The van der Waals surface area contributed by atoms with Crippen LogP contribution in [-0.4, -0.2) is 43.3 Å². The van der Waals surface area contributed by atoms with E-state index >= 15 is 0 Å². The van der Waals surface area contributed by atoms with Gasteiger partial charge in [-0.25, -0.2) is 34.9 Å². The average molecular weight is 334 g/mol. The van der Waals surface area contributed by atoms with Gasteiger partial charge in [0.05, 0.1) is 29.7 Å². The lowest BCUT2D eigenvalue weighted by Gasteiger charge is -2.12. The molecule has 0 radical (unpaired) electrons. The van der Waals surface area contributed by atoms with Gasteiger partial charge < -0.3 is 0 Å². The molecule has 3 rings (SSSR count). The molecule has 0 aliphatic rings. The first-order valence-electron chi connectivity index (χ1n) is 7.83. The summed E-state index contributed by atoms with van der Waals surface area (Å²) in [5.41, 5.74) is 3.37. The zero-order valence-electron chi connectivity index (χ0n) is 14.4. The Balaban J connectivity index is 2.04. The lowest BCUT2D eigenvalue weighted by atomic mass is 10.1. The Morgan fingerprint density at radius 3 is 2.40 bits per heavy atom. The van der Waals surface area contributed by atoms with Crippen molar-refractivity contribution in [1.29, 1.82) is 0 Å². The molecule has 8 heteroatoms. The molecule has 0 saturated carbocycles. The van der Waals surface area contributed by atoms with E-state index in [0.717, 1.165) is 11.4 Å². The van der Waals surface area contributed by atoms with E-state index in [2.05, 4.69) is 67.2 Å². The van der Waals surface area contributed by atoms with E-state index in [1.54, 1.807) is 12.4 Å². The molecule has 0 bridgehead atoms. The number of fused-ring (bicyclic) bond motifs is 1. The molecule has 0 N–H and O–H groups in total. The second-order valence-corrected chi connectivity index (χ2v) is 5.86. The molecule has 3 aromatic rings. The fraction of sp³-hybridized carbons (Fsp3) is 0.294. The second-order valence-electron chi connectivity index (χ2n) is 5.86. The van der Waals surface area contributed by atoms with Crippen LogP contribution in [0.15, 0.2) is 28.7 Å². The quantitative estimate of drug-likeness (QED) is 0.664. The van der Waals surface area contributed by atoms with Gasteiger partial charge in [0, 0.05) is 0 Å². The van der Waals surface area contributed by atoms with E-state index < -0.39 is 0 Å². The van der Waals surface area contributed by atoms with Crippen LogP contribution in [0.2, 0.25) is 0 Å². The molecular formula is C17H18N8. The normalized spacial score (nSPS) is 12.3. The summed E-state index contributed by atoms with van der Waals surface area (Å²) < 4.78 is 0. The number of rotatable bonds is 5. The van der Waals surface area contributed by atoms with Crippen molar-refractivity contribution in [2.45, 2.75) is 32.6 Å². The largest absolute Gasteiger partial charge is 0.259 e. The van der Waals surface area contributed by atoms with Crippen molar-refractivity contribution in [3.05, 3.63) is 35.9 Å². The van der Waals surface area contributed by atoms with Gasteiger partial charge in [-0.05, 0) is 26.3 Å². The smallest absolute Gasteiger partial charge is 0.181 e. The fourth-order valence-corrected chi connectivity index (χ4v) is 2.45. The summed E-state index contributed by atoms with van der Waals surface area (Å²) in [6.45, 7) is 13.1. The van der Waals surface area contributed by atoms with Gasteiger partial charge in [0.1, 0.15) is 23.4 Å². The van der Waals surface area contributed by atoms with Crippen LogP contribution in [0.1, 0.15) is 49.8 Å². The second kappa shape index (κ2) is 6.76. The molecule has 3 aromatic heterocycles. The summed E-state index contributed by atoms with van der Waals surface area (Å²) in [6, 6.07) is 0. The lowest BCUT2D eigenvalue weighted by molar-refractivity contribution is 0.779. The van der Waals surface area contributed by atoms with Crippen molar-refractivity contribution in [2.24, 2.45) is 9.98 Å². The molecular weight excluding hydrogens is 316 g/mol. The van der Waals surface area contributed by atoms with Crippen molar-refractivity contribution in [1.82, 2.24) is 29.9 Å². The van der Waals surface area contributed by atoms with E-state index in [9.17, 15) is 0 Å². The van der Waals surface area contributed by atoms with Gasteiger partial charge >= 0.3 is 0 Å². The van der Waals surface area contributed by atoms with Crippen LogP contribution in [0.3, 0.4) is 0 Å². The summed E-state index contributed by atoms with van der Waals surface area (Å²) in [6.07, 6.45) is 4.80. The average Bonchev–Trinajstić information content (AvgIpc) is 2.65. The topological polar surface area (TPSA) is 102 Å². The van der Waals surface area contributed by atoms with E-state index in [1.807, 2.05) is 6.92 Å². The monoisotopic (exact) mass is 334 g/mol. The molecule has 3 heterocycles. The molecule has 126 valence electrons. The Hall–Kier alpha value is -3.16. The predicted molar refractivity (Wildman–Crippen MR) is 97.2 cm³/mol. The SMILES string of the molecule is C=Nc1cnc(C(C)c2cnc3c(C(C)C)ncnc3n2)nc1N=C.